The first-order valence-corrected chi connectivity index (χ1v) is 9.56. The highest BCUT2D eigenvalue weighted by atomic mass is 16.5. The summed E-state index contributed by atoms with van der Waals surface area (Å²) in [5.41, 5.74) is 2.86. The Morgan fingerprint density at radius 2 is 1.48 bits per heavy atom. The van der Waals surface area contributed by atoms with E-state index in [0.717, 1.165) is 22.8 Å². The number of hydrogen-bond donors (Lipinski definition) is 0. The molecule has 0 atom stereocenters. The Kier molecular flexibility index (Phi) is 7.06. The number of aliphatic imine (C=N–C) groups is 1. The Morgan fingerprint density at radius 3 is 2.10 bits per heavy atom. The lowest BCUT2D eigenvalue weighted by atomic mass is 10.2. The zero-order valence-electron chi connectivity index (χ0n) is 17.0. The minimum Gasteiger partial charge on any atom is -0.497 e. The van der Waals surface area contributed by atoms with E-state index in [4.69, 9.17) is 19.2 Å². The fourth-order valence-corrected chi connectivity index (χ4v) is 2.58. The van der Waals surface area contributed by atoms with E-state index in [1.54, 1.807) is 13.4 Å². The summed E-state index contributed by atoms with van der Waals surface area (Å²) < 4.78 is 17.1. The minimum absolute atomic E-state index is 0.510. The number of hydrogen-bond acceptors (Lipinski definition) is 4. The van der Waals surface area contributed by atoms with E-state index in [-0.39, 0.29) is 0 Å². The van der Waals surface area contributed by atoms with E-state index in [1.807, 2.05) is 85.8 Å². The molecule has 0 aliphatic carbocycles. The molecule has 29 heavy (non-hydrogen) atoms. The molecule has 0 aliphatic rings. The van der Waals surface area contributed by atoms with Crippen molar-refractivity contribution >= 4 is 11.6 Å². The van der Waals surface area contributed by atoms with E-state index in [1.165, 1.54) is 5.56 Å². The molecule has 0 aromatic heterocycles. The van der Waals surface area contributed by atoms with E-state index in [9.17, 15) is 0 Å². The molecular weight excluding hydrogens is 362 g/mol. The molecule has 0 heterocycles. The molecule has 0 radical (unpaired) electrons. The van der Waals surface area contributed by atoms with Crippen molar-refractivity contribution in [3.63, 3.8) is 0 Å². The number of benzene rings is 3. The molecule has 0 saturated heterocycles. The second-order valence-corrected chi connectivity index (χ2v) is 6.46. The summed E-state index contributed by atoms with van der Waals surface area (Å²) in [6, 6.07) is 25.1. The van der Waals surface area contributed by atoms with E-state index in [2.05, 4.69) is 6.92 Å². The van der Waals surface area contributed by atoms with Crippen LogP contribution in [0.3, 0.4) is 0 Å². The first-order valence-electron chi connectivity index (χ1n) is 9.56. The van der Waals surface area contributed by atoms with Crippen LogP contribution in [0.2, 0.25) is 0 Å². The van der Waals surface area contributed by atoms with Crippen LogP contribution in [0.25, 0.3) is 0 Å². The van der Waals surface area contributed by atoms with Gasteiger partial charge in [0.2, 0.25) is 5.90 Å². The van der Waals surface area contributed by atoms with Crippen molar-refractivity contribution in [3.05, 3.63) is 96.3 Å². The second kappa shape index (κ2) is 10.1. The number of methoxy groups -OCH3 is 1. The molecule has 0 fully saturated rings. The SMILES string of the molecule is CCC(=C\Oc1ccc(OC)cc1)/C(=N/c1ccc(C)cc1)Oc1ccccc1. The third kappa shape index (κ3) is 5.98. The zero-order valence-corrected chi connectivity index (χ0v) is 17.0. The number of aryl methyl sites for hydroxylation is 1. The van der Waals surface area contributed by atoms with Crippen LogP contribution in [0.1, 0.15) is 18.9 Å². The van der Waals surface area contributed by atoms with Gasteiger partial charge in [-0.05, 0) is 61.9 Å². The summed E-state index contributed by atoms with van der Waals surface area (Å²) in [6.07, 6.45) is 2.39. The summed E-state index contributed by atoms with van der Waals surface area (Å²) in [6.45, 7) is 4.09. The Balaban J connectivity index is 1.89. The lowest BCUT2D eigenvalue weighted by molar-refractivity contribution is 0.412. The molecule has 0 amide bonds. The van der Waals surface area contributed by atoms with Gasteiger partial charge in [-0.1, -0.05) is 42.8 Å². The van der Waals surface area contributed by atoms with Crippen LogP contribution in [0, 0.1) is 6.92 Å². The molecular formula is C25H25NO3. The smallest absolute Gasteiger partial charge is 0.226 e. The third-order valence-corrected chi connectivity index (χ3v) is 4.27. The number of rotatable bonds is 7. The van der Waals surface area contributed by atoms with Gasteiger partial charge in [0.1, 0.15) is 17.2 Å². The van der Waals surface area contributed by atoms with Gasteiger partial charge >= 0.3 is 0 Å². The van der Waals surface area contributed by atoms with Crippen LogP contribution in [0.5, 0.6) is 17.2 Å². The van der Waals surface area contributed by atoms with E-state index in [0.29, 0.717) is 18.1 Å². The number of para-hydroxylation sites is 1. The molecule has 0 unspecified atom stereocenters. The van der Waals surface area contributed by atoms with Crippen molar-refractivity contribution in [1.29, 1.82) is 0 Å². The molecule has 0 N–H and O–H groups in total. The maximum absolute atomic E-state index is 6.11. The Bertz CT molecular complexity index is 959. The highest BCUT2D eigenvalue weighted by Crippen LogP contribution is 2.21. The van der Waals surface area contributed by atoms with Crippen LogP contribution < -0.4 is 14.2 Å². The quantitative estimate of drug-likeness (QED) is 0.264. The van der Waals surface area contributed by atoms with Gasteiger partial charge in [-0.25, -0.2) is 4.99 Å². The standard InChI is InChI=1S/C25H25NO3/c1-4-20(18-28-23-16-14-22(27-3)15-17-23)25(29-24-8-6-5-7-9-24)26-21-12-10-19(2)11-13-21/h5-18H,4H2,1-3H3/b20-18+,26-25-. The summed E-state index contributed by atoms with van der Waals surface area (Å²) in [4.78, 5) is 4.73. The van der Waals surface area contributed by atoms with Crippen LogP contribution in [0.4, 0.5) is 5.69 Å². The summed E-state index contributed by atoms with van der Waals surface area (Å²) in [5, 5.41) is 0. The normalized spacial score (nSPS) is 11.8. The van der Waals surface area contributed by atoms with Gasteiger partial charge < -0.3 is 14.2 Å². The zero-order chi connectivity index (χ0) is 20.5. The molecule has 3 rings (SSSR count). The number of nitrogens with zero attached hydrogens (tertiary/aromatic N) is 1. The maximum Gasteiger partial charge on any atom is 0.226 e. The molecule has 0 saturated carbocycles. The largest absolute Gasteiger partial charge is 0.497 e. The average Bonchev–Trinajstić information content (AvgIpc) is 2.77. The predicted octanol–water partition coefficient (Wildman–Crippen LogP) is 6.49. The molecule has 4 nitrogen and oxygen atoms in total. The Hall–Kier alpha value is -3.53. The summed E-state index contributed by atoms with van der Waals surface area (Å²) in [7, 11) is 1.64. The highest BCUT2D eigenvalue weighted by molar-refractivity contribution is 5.96. The molecule has 148 valence electrons. The molecule has 0 spiro atoms. The van der Waals surface area contributed by atoms with Crippen LogP contribution >= 0.6 is 0 Å². The van der Waals surface area contributed by atoms with Crippen molar-refractivity contribution < 1.29 is 14.2 Å². The van der Waals surface area contributed by atoms with Gasteiger partial charge in [-0.2, -0.15) is 0 Å². The first kappa shape index (κ1) is 20.2. The first-order chi connectivity index (χ1) is 14.2. The fraction of sp³-hybridized carbons (Fsp3) is 0.160. The lowest BCUT2D eigenvalue weighted by Gasteiger charge is -2.12. The molecule has 3 aromatic carbocycles. The van der Waals surface area contributed by atoms with Crippen LogP contribution in [-0.2, 0) is 0 Å². The van der Waals surface area contributed by atoms with Gasteiger partial charge in [-0.15, -0.1) is 0 Å². The summed E-state index contributed by atoms with van der Waals surface area (Å²) >= 11 is 0. The van der Waals surface area contributed by atoms with Gasteiger partial charge in [0.15, 0.2) is 0 Å². The highest BCUT2D eigenvalue weighted by Gasteiger charge is 2.11. The predicted molar refractivity (Wildman–Crippen MR) is 117 cm³/mol. The topological polar surface area (TPSA) is 40.0 Å². The Labute approximate surface area is 172 Å². The monoisotopic (exact) mass is 387 g/mol. The molecule has 3 aromatic rings. The Morgan fingerprint density at radius 1 is 0.828 bits per heavy atom. The van der Waals surface area contributed by atoms with Crippen molar-refractivity contribution in [1.82, 2.24) is 0 Å². The molecule has 4 heteroatoms. The van der Waals surface area contributed by atoms with Crippen LogP contribution in [0.15, 0.2) is 95.7 Å². The molecule has 0 bridgehead atoms. The maximum atomic E-state index is 6.11. The van der Waals surface area contributed by atoms with Crippen molar-refractivity contribution in [2.45, 2.75) is 20.3 Å². The van der Waals surface area contributed by atoms with Gasteiger partial charge in [0.05, 0.1) is 19.1 Å². The van der Waals surface area contributed by atoms with Gasteiger partial charge in [0.25, 0.3) is 0 Å². The van der Waals surface area contributed by atoms with Gasteiger partial charge in [-0.3, -0.25) is 0 Å². The average molecular weight is 387 g/mol. The van der Waals surface area contributed by atoms with Crippen molar-refractivity contribution in [2.24, 2.45) is 4.99 Å². The number of ether oxygens (including phenoxy) is 3. The van der Waals surface area contributed by atoms with E-state index < -0.39 is 0 Å². The van der Waals surface area contributed by atoms with Crippen molar-refractivity contribution in [2.75, 3.05) is 7.11 Å². The van der Waals surface area contributed by atoms with Crippen molar-refractivity contribution in [3.8, 4) is 17.2 Å². The fourth-order valence-electron chi connectivity index (χ4n) is 2.58. The third-order valence-electron chi connectivity index (χ3n) is 4.27. The van der Waals surface area contributed by atoms with Gasteiger partial charge in [0, 0.05) is 5.57 Å². The van der Waals surface area contributed by atoms with E-state index >= 15 is 0 Å². The summed E-state index contributed by atoms with van der Waals surface area (Å²) in [5.74, 6) is 2.73. The minimum atomic E-state index is 0.510. The van der Waals surface area contributed by atoms with Crippen LogP contribution in [-0.4, -0.2) is 13.0 Å². The lowest BCUT2D eigenvalue weighted by Crippen LogP contribution is -2.12. The molecule has 0 aliphatic heterocycles. The second-order valence-electron chi connectivity index (χ2n) is 6.46.